The molecule has 1 aliphatic rings. The maximum absolute atomic E-state index is 14.9. The second-order valence-corrected chi connectivity index (χ2v) is 12.1. The van der Waals surface area contributed by atoms with Crippen molar-refractivity contribution < 1.29 is 43.8 Å². The highest BCUT2D eigenvalue weighted by Gasteiger charge is 2.37. The highest BCUT2D eigenvalue weighted by molar-refractivity contribution is 6.40. The molecular formula is C37H40N2O11. The number of methoxy groups -OCH3 is 3. The number of aliphatic hydroxyl groups is 2. The summed E-state index contributed by atoms with van der Waals surface area (Å²) in [6, 6.07) is 3.06. The Labute approximate surface area is 286 Å². The summed E-state index contributed by atoms with van der Waals surface area (Å²) in [5.41, 5.74) is 1.13. The molecule has 0 aromatic heterocycles. The van der Waals surface area contributed by atoms with Crippen LogP contribution >= 0.6 is 0 Å². The summed E-state index contributed by atoms with van der Waals surface area (Å²) >= 11 is 0. The van der Waals surface area contributed by atoms with Crippen molar-refractivity contribution in [1.29, 1.82) is 0 Å². The lowest BCUT2D eigenvalue weighted by Gasteiger charge is -2.25. The number of phenolic OH excluding ortho intramolecular Hbond substituents is 1. The van der Waals surface area contributed by atoms with Crippen molar-refractivity contribution in [3.63, 3.8) is 0 Å². The van der Waals surface area contributed by atoms with Crippen LogP contribution in [-0.2, 0) is 14.3 Å². The van der Waals surface area contributed by atoms with Crippen LogP contribution in [0.15, 0.2) is 27.3 Å². The Morgan fingerprint density at radius 1 is 0.740 bits per heavy atom. The molecule has 0 saturated carbocycles. The predicted molar refractivity (Wildman–Crippen MR) is 193 cm³/mol. The van der Waals surface area contributed by atoms with Crippen molar-refractivity contribution in [2.75, 3.05) is 84.7 Å². The summed E-state index contributed by atoms with van der Waals surface area (Å²) in [6.45, 7) is 4.14. The van der Waals surface area contributed by atoms with Crippen LogP contribution in [0.2, 0.25) is 0 Å². The third-order valence-corrected chi connectivity index (χ3v) is 9.25. The number of aliphatic hydroxyl groups excluding tert-OH is 2. The van der Waals surface area contributed by atoms with Gasteiger partial charge in [0, 0.05) is 69.0 Å². The van der Waals surface area contributed by atoms with Gasteiger partial charge in [0.25, 0.3) is 0 Å². The number of nitrogens with one attached hydrogen (secondary N) is 2. The van der Waals surface area contributed by atoms with Gasteiger partial charge in [-0.3, -0.25) is 14.4 Å². The number of Topliss-reactive ketones (excluding diaryl/α,β-unsaturated/α-hetero) is 1. The van der Waals surface area contributed by atoms with Crippen LogP contribution in [-0.4, -0.2) is 95.2 Å². The number of hydrogen-bond donors (Lipinski definition) is 5. The van der Waals surface area contributed by atoms with Crippen molar-refractivity contribution in [1.82, 2.24) is 0 Å². The van der Waals surface area contributed by atoms with E-state index >= 15 is 0 Å². The molecule has 5 aromatic rings. The van der Waals surface area contributed by atoms with E-state index in [2.05, 4.69) is 10.6 Å². The summed E-state index contributed by atoms with van der Waals surface area (Å²) in [5, 5.41) is 39.4. The van der Waals surface area contributed by atoms with Crippen LogP contribution in [0.4, 0.5) is 11.4 Å². The average Bonchev–Trinajstić information content (AvgIpc) is 3.23. The highest BCUT2D eigenvalue weighted by Crippen LogP contribution is 2.55. The van der Waals surface area contributed by atoms with Crippen LogP contribution in [0, 0.1) is 0 Å². The van der Waals surface area contributed by atoms with Crippen molar-refractivity contribution in [2.24, 2.45) is 0 Å². The molecule has 0 saturated heterocycles. The van der Waals surface area contributed by atoms with Crippen LogP contribution < -0.4 is 35.7 Å². The molecule has 0 fully saturated rings. The van der Waals surface area contributed by atoms with Crippen LogP contribution in [0.3, 0.4) is 0 Å². The molecule has 0 radical (unpaired) electrons. The quantitative estimate of drug-likeness (QED) is 0.0577. The molecular weight excluding hydrogens is 648 g/mol. The molecule has 0 spiro atoms. The number of carbonyl (C=O) groups excluding carboxylic acids is 1. The number of aromatic hydroxyl groups is 1. The molecule has 0 bridgehead atoms. The van der Waals surface area contributed by atoms with Gasteiger partial charge in [-0.15, -0.1) is 0 Å². The van der Waals surface area contributed by atoms with E-state index in [4.69, 9.17) is 28.8 Å². The van der Waals surface area contributed by atoms with Crippen molar-refractivity contribution in [2.45, 2.75) is 19.8 Å². The van der Waals surface area contributed by atoms with Gasteiger partial charge in [-0.25, -0.2) is 0 Å². The Morgan fingerprint density at radius 2 is 1.34 bits per heavy atom. The number of ether oxygens (including phenoxy) is 5. The van der Waals surface area contributed by atoms with Crippen molar-refractivity contribution in [3.05, 3.63) is 49.3 Å². The second-order valence-electron chi connectivity index (χ2n) is 12.1. The lowest BCUT2D eigenvalue weighted by molar-refractivity contribution is -0.117. The van der Waals surface area contributed by atoms with E-state index in [1.54, 1.807) is 19.1 Å². The number of hydrogen-bond acceptors (Lipinski definition) is 13. The van der Waals surface area contributed by atoms with Crippen LogP contribution in [0.1, 0.15) is 30.9 Å². The van der Waals surface area contributed by atoms with E-state index in [0.29, 0.717) is 72.4 Å². The fourth-order valence-corrected chi connectivity index (χ4v) is 7.44. The maximum Gasteiger partial charge on any atom is 0.232 e. The first-order valence-electron chi connectivity index (χ1n) is 16.3. The summed E-state index contributed by atoms with van der Waals surface area (Å²) in [6.07, 6.45) is 1.79. The largest absolute Gasteiger partial charge is 0.507 e. The molecule has 5 aromatic carbocycles. The normalized spacial score (nSPS) is 14.1. The van der Waals surface area contributed by atoms with Gasteiger partial charge in [0.2, 0.25) is 10.9 Å². The molecule has 264 valence electrons. The van der Waals surface area contributed by atoms with Gasteiger partial charge in [-0.1, -0.05) is 11.6 Å². The first-order chi connectivity index (χ1) is 24.2. The van der Waals surface area contributed by atoms with Gasteiger partial charge >= 0.3 is 0 Å². The van der Waals surface area contributed by atoms with E-state index in [9.17, 15) is 24.6 Å². The topological polar surface area (TPSA) is 182 Å². The number of anilines is 2. The highest BCUT2D eigenvalue weighted by atomic mass is 16.5. The first kappa shape index (κ1) is 34.9. The molecule has 5 N–H and O–H groups in total. The summed E-state index contributed by atoms with van der Waals surface area (Å²) in [4.78, 5) is 42.8. The third-order valence-electron chi connectivity index (χ3n) is 9.25. The number of benzene rings is 5. The van der Waals surface area contributed by atoms with Gasteiger partial charge in [0.05, 0.1) is 83.3 Å². The Balaban J connectivity index is 1.91. The van der Waals surface area contributed by atoms with Crippen molar-refractivity contribution >= 4 is 66.3 Å². The summed E-state index contributed by atoms with van der Waals surface area (Å²) in [7, 11) is 4.30. The summed E-state index contributed by atoms with van der Waals surface area (Å²) < 4.78 is 28.6. The zero-order valence-corrected chi connectivity index (χ0v) is 28.6. The van der Waals surface area contributed by atoms with E-state index in [1.165, 1.54) is 34.3 Å². The van der Waals surface area contributed by atoms with Crippen LogP contribution in [0.25, 0.3) is 49.2 Å². The van der Waals surface area contributed by atoms with Gasteiger partial charge in [-0.05, 0) is 19.2 Å². The number of ketones is 1. The van der Waals surface area contributed by atoms with E-state index in [-0.39, 0.29) is 85.7 Å². The zero-order chi connectivity index (χ0) is 35.9. The van der Waals surface area contributed by atoms with Gasteiger partial charge < -0.3 is 49.6 Å². The molecule has 13 heteroatoms. The van der Waals surface area contributed by atoms with E-state index in [0.717, 1.165) is 0 Å². The smallest absolute Gasteiger partial charge is 0.232 e. The standard InChI is InChI=1S/C37H40N2O11/c1-17-14-19-25-30-26(35(44)34(19)39-7-11-50-13-9-41)20(38-6-10-49-12-8-40)15-22(46-3)28(30)29-23(47-4)16-21(43)27-32(29)31(25)33(24(17)18(2)42)37(48-5)36(27)45/h14-16,24,38-41,43H,6-13H2,1-5H3. The van der Waals surface area contributed by atoms with E-state index < -0.39 is 11.3 Å². The van der Waals surface area contributed by atoms with Gasteiger partial charge in [0.15, 0.2) is 5.75 Å². The minimum Gasteiger partial charge on any atom is -0.507 e. The summed E-state index contributed by atoms with van der Waals surface area (Å²) in [5.74, 6) is -0.996. The number of allylic oxidation sites excluding steroid dienone is 1. The monoisotopic (exact) mass is 688 g/mol. The SMILES string of the molecule is COc1c2c3c4c(c(NCCOCCO)c(=O)c5c(NCCOCCO)cc(OC)c(c6c(OC)cc(O)c(c1=O)c63)c54)C=C(C)C2C(C)=O. The Kier molecular flexibility index (Phi) is 9.85. The van der Waals surface area contributed by atoms with Gasteiger partial charge in [0.1, 0.15) is 23.0 Å². The molecule has 1 atom stereocenters. The Morgan fingerprint density at radius 3 is 1.92 bits per heavy atom. The molecule has 1 aliphatic carbocycles. The van der Waals surface area contributed by atoms with Crippen molar-refractivity contribution in [3.8, 4) is 23.0 Å². The van der Waals surface area contributed by atoms with Gasteiger partial charge in [-0.2, -0.15) is 0 Å². The van der Waals surface area contributed by atoms with E-state index in [1.807, 2.05) is 0 Å². The minimum atomic E-state index is -0.926. The fourth-order valence-electron chi connectivity index (χ4n) is 7.44. The first-order valence-corrected chi connectivity index (χ1v) is 16.3. The van der Waals surface area contributed by atoms with Crippen LogP contribution in [0.5, 0.6) is 23.0 Å². The molecule has 50 heavy (non-hydrogen) atoms. The maximum atomic E-state index is 14.9. The molecule has 13 nitrogen and oxygen atoms in total. The molecule has 6 rings (SSSR count). The fraction of sp³-hybridized carbons (Fsp3) is 0.378. The minimum absolute atomic E-state index is 0.0218. The molecule has 0 aliphatic heterocycles. The Hall–Kier alpha value is -4.95. The lowest BCUT2D eigenvalue weighted by Crippen LogP contribution is -2.20. The Bertz CT molecular complexity index is 2270. The molecule has 0 amide bonds. The third kappa shape index (κ3) is 5.37. The number of fused-ring (bicyclic) bond motifs is 1. The number of carbonyl (C=O) groups is 1. The number of phenols is 1. The second kappa shape index (κ2) is 14.1. The number of rotatable bonds is 16. The average molecular weight is 689 g/mol. The molecule has 1 unspecified atom stereocenters. The molecule has 0 heterocycles. The lowest BCUT2D eigenvalue weighted by atomic mass is 9.80. The zero-order valence-electron chi connectivity index (χ0n) is 28.6. The predicted octanol–water partition coefficient (Wildman–Crippen LogP) is 3.56.